The Morgan fingerprint density at radius 3 is 2.46 bits per heavy atom. The average Bonchev–Trinajstić information content (AvgIpc) is 3.48. The number of amides is 1. The fourth-order valence-electron chi connectivity index (χ4n) is 4.05. The van der Waals surface area contributed by atoms with Crippen molar-refractivity contribution in [2.24, 2.45) is 5.73 Å². The molecule has 0 bridgehead atoms. The van der Waals surface area contributed by atoms with E-state index in [9.17, 15) is 4.79 Å². The smallest absolute Gasteiger partial charge is 0.268 e. The molecule has 0 saturated heterocycles. The second kappa shape index (κ2) is 10.9. The highest BCUT2D eigenvalue weighted by Gasteiger charge is 2.37. The monoisotopic (exact) mass is 518 g/mol. The zero-order chi connectivity index (χ0) is 26.6. The molecule has 37 heavy (non-hydrogen) atoms. The number of carbonyl (C=O) groups is 1. The Hall–Kier alpha value is -3.36. The minimum atomic E-state index is -1.97. The van der Waals surface area contributed by atoms with E-state index in [1.54, 1.807) is 12.5 Å². The molecule has 7 nitrogen and oxygen atoms in total. The van der Waals surface area contributed by atoms with Gasteiger partial charge in [-0.05, 0) is 36.2 Å². The molecule has 0 aliphatic rings. The lowest BCUT2D eigenvalue weighted by Crippen LogP contribution is -2.42. The first kappa shape index (κ1) is 26.7. The van der Waals surface area contributed by atoms with Gasteiger partial charge in [-0.2, -0.15) is 0 Å². The van der Waals surface area contributed by atoms with E-state index in [0.29, 0.717) is 19.8 Å². The van der Waals surface area contributed by atoms with Crippen molar-refractivity contribution in [3.63, 3.8) is 0 Å². The fraction of sp³-hybridized carbons (Fsp3) is 0.379. The Morgan fingerprint density at radius 1 is 1.08 bits per heavy atom. The van der Waals surface area contributed by atoms with Crippen molar-refractivity contribution in [1.82, 2.24) is 14.1 Å². The van der Waals surface area contributed by atoms with Gasteiger partial charge in [-0.15, -0.1) is 0 Å². The zero-order valence-electron chi connectivity index (χ0n) is 22.5. The van der Waals surface area contributed by atoms with Gasteiger partial charge in [-0.1, -0.05) is 69.3 Å². The van der Waals surface area contributed by atoms with E-state index in [2.05, 4.69) is 73.7 Å². The van der Waals surface area contributed by atoms with Gasteiger partial charge in [0.1, 0.15) is 12.3 Å². The van der Waals surface area contributed by atoms with E-state index in [-0.39, 0.29) is 16.8 Å². The molecule has 0 saturated carbocycles. The van der Waals surface area contributed by atoms with Gasteiger partial charge in [0.2, 0.25) is 0 Å². The van der Waals surface area contributed by atoms with Crippen LogP contribution in [0.5, 0.6) is 5.88 Å². The highest BCUT2D eigenvalue weighted by Crippen LogP contribution is 2.37. The highest BCUT2D eigenvalue weighted by atomic mass is 28.4. The number of hydrogen-bond donors (Lipinski definition) is 1. The maximum absolute atomic E-state index is 11.7. The molecule has 4 aromatic rings. The molecule has 0 fully saturated rings. The number of nitrogens with zero attached hydrogens (tertiary/aromatic N) is 3. The summed E-state index contributed by atoms with van der Waals surface area (Å²) in [5.41, 5.74) is 7.99. The Morgan fingerprint density at radius 2 is 1.78 bits per heavy atom. The van der Waals surface area contributed by atoms with E-state index in [0.717, 1.165) is 28.8 Å². The summed E-state index contributed by atoms with van der Waals surface area (Å²) >= 11 is 0. The Bertz CT molecular complexity index is 1340. The molecular formula is C29H38N4O3Si. The lowest BCUT2D eigenvalue weighted by molar-refractivity contribution is 0.0995. The van der Waals surface area contributed by atoms with Gasteiger partial charge in [-0.3, -0.25) is 4.79 Å². The van der Waals surface area contributed by atoms with Gasteiger partial charge in [-0.25, -0.2) is 4.98 Å². The van der Waals surface area contributed by atoms with Crippen LogP contribution in [0.2, 0.25) is 18.1 Å². The number of benzene rings is 2. The topological polar surface area (TPSA) is 84.3 Å². The molecule has 0 radical (unpaired) electrons. The largest absolute Gasteiger partial charge is 0.474 e. The zero-order valence-corrected chi connectivity index (χ0v) is 23.5. The molecule has 0 aliphatic carbocycles. The predicted octanol–water partition coefficient (Wildman–Crippen LogP) is 6.17. The van der Waals surface area contributed by atoms with Crippen LogP contribution in [-0.2, 0) is 17.6 Å². The molecule has 0 unspecified atom stereocenters. The van der Waals surface area contributed by atoms with E-state index in [1.165, 1.54) is 0 Å². The van der Waals surface area contributed by atoms with E-state index in [4.69, 9.17) is 14.9 Å². The standard InChI is InChI=1S/C29H38N4O3Si/c1-29(2,3)37(4,5)36-20-24(32-18-25(28(30)34)31-21-32)15-16-33-26-14-10-9-13-23(26)17-27(33)35-19-22-11-7-6-8-12-22/h6-14,17-18,21,24H,15-16,19-20H2,1-5H3,(H2,30,34)/t24-/m1/s1. The quantitative estimate of drug-likeness (QED) is 0.241. The maximum Gasteiger partial charge on any atom is 0.268 e. The molecule has 0 spiro atoms. The molecular weight excluding hydrogens is 480 g/mol. The van der Waals surface area contributed by atoms with Crippen molar-refractivity contribution in [2.45, 2.75) is 64.5 Å². The third-order valence-corrected chi connectivity index (χ3v) is 11.9. The third-order valence-electron chi connectivity index (χ3n) is 7.41. The number of aromatic nitrogens is 3. The van der Waals surface area contributed by atoms with Crippen molar-refractivity contribution in [1.29, 1.82) is 0 Å². The van der Waals surface area contributed by atoms with Gasteiger partial charge in [0.15, 0.2) is 14.2 Å². The Kier molecular flexibility index (Phi) is 7.89. The van der Waals surface area contributed by atoms with Gasteiger partial charge in [0.25, 0.3) is 5.91 Å². The first-order valence-corrected chi connectivity index (χ1v) is 15.7. The number of fused-ring (bicyclic) bond motifs is 1. The fourth-order valence-corrected chi connectivity index (χ4v) is 5.09. The molecule has 2 aromatic heterocycles. The van der Waals surface area contributed by atoms with Crippen molar-refractivity contribution in [3.05, 3.63) is 84.4 Å². The van der Waals surface area contributed by atoms with Gasteiger partial charge in [0, 0.05) is 24.2 Å². The van der Waals surface area contributed by atoms with Crippen LogP contribution in [0.3, 0.4) is 0 Å². The summed E-state index contributed by atoms with van der Waals surface area (Å²) in [6.07, 6.45) is 4.17. The van der Waals surface area contributed by atoms with E-state index < -0.39 is 14.2 Å². The second-order valence-electron chi connectivity index (χ2n) is 11.1. The number of rotatable bonds is 11. The van der Waals surface area contributed by atoms with Crippen molar-refractivity contribution in [3.8, 4) is 5.88 Å². The molecule has 2 heterocycles. The van der Waals surface area contributed by atoms with Crippen molar-refractivity contribution >= 4 is 25.1 Å². The average molecular weight is 519 g/mol. The number of ether oxygens (including phenoxy) is 1. The lowest BCUT2D eigenvalue weighted by Gasteiger charge is -2.37. The lowest BCUT2D eigenvalue weighted by atomic mass is 10.2. The number of carbonyl (C=O) groups excluding carboxylic acids is 1. The van der Waals surface area contributed by atoms with Crippen LogP contribution in [0, 0.1) is 0 Å². The van der Waals surface area contributed by atoms with Gasteiger partial charge < -0.3 is 24.0 Å². The van der Waals surface area contributed by atoms with Crippen LogP contribution in [0.1, 0.15) is 49.3 Å². The molecule has 1 atom stereocenters. The summed E-state index contributed by atoms with van der Waals surface area (Å²) < 4.78 is 17.1. The summed E-state index contributed by atoms with van der Waals surface area (Å²) in [5, 5.41) is 1.23. The molecule has 2 aromatic carbocycles. The van der Waals surface area contributed by atoms with E-state index >= 15 is 0 Å². The van der Waals surface area contributed by atoms with Crippen LogP contribution in [0.15, 0.2) is 73.2 Å². The number of nitrogens with two attached hydrogens (primary N) is 1. The van der Waals surface area contributed by atoms with Crippen LogP contribution >= 0.6 is 0 Å². The van der Waals surface area contributed by atoms with Gasteiger partial charge >= 0.3 is 0 Å². The van der Waals surface area contributed by atoms with Crippen molar-refractivity contribution < 1.29 is 14.0 Å². The predicted molar refractivity (Wildman–Crippen MR) is 150 cm³/mol. The normalized spacial score (nSPS) is 13.1. The number of primary amides is 1. The minimum absolute atomic E-state index is 0.0159. The number of para-hydroxylation sites is 1. The summed E-state index contributed by atoms with van der Waals surface area (Å²) in [6, 6.07) is 20.6. The SMILES string of the molecule is CC(C)(C)[Si](C)(C)OC[C@@H](CCn1c(OCc2ccccc2)cc2ccccc21)n1cnc(C(N)=O)c1. The van der Waals surface area contributed by atoms with Gasteiger partial charge in [0.05, 0.1) is 24.5 Å². The first-order valence-electron chi connectivity index (χ1n) is 12.8. The van der Waals surface area contributed by atoms with Crippen LogP contribution < -0.4 is 10.5 Å². The Balaban J connectivity index is 1.58. The molecule has 1 amide bonds. The molecule has 2 N–H and O–H groups in total. The molecule has 0 aliphatic heterocycles. The number of hydrogen-bond acceptors (Lipinski definition) is 4. The summed E-state index contributed by atoms with van der Waals surface area (Å²) in [5.74, 6) is 0.299. The third kappa shape index (κ3) is 6.32. The first-order chi connectivity index (χ1) is 17.5. The second-order valence-corrected chi connectivity index (χ2v) is 15.9. The summed E-state index contributed by atoms with van der Waals surface area (Å²) in [7, 11) is -1.97. The van der Waals surface area contributed by atoms with Crippen LogP contribution in [-0.4, -0.2) is 34.9 Å². The minimum Gasteiger partial charge on any atom is -0.474 e. The molecule has 4 rings (SSSR count). The van der Waals surface area contributed by atoms with Crippen LogP contribution in [0.25, 0.3) is 10.9 Å². The molecule has 8 heteroatoms. The summed E-state index contributed by atoms with van der Waals surface area (Å²) in [4.78, 5) is 15.9. The Labute approximate surface area is 220 Å². The highest BCUT2D eigenvalue weighted by molar-refractivity contribution is 6.74. The summed E-state index contributed by atoms with van der Waals surface area (Å²) in [6.45, 7) is 13.0. The number of aryl methyl sites for hydroxylation is 1. The number of imidazole rings is 1. The molecule has 196 valence electrons. The van der Waals surface area contributed by atoms with E-state index in [1.807, 2.05) is 34.9 Å². The maximum atomic E-state index is 11.7. The van der Waals surface area contributed by atoms with Crippen LogP contribution in [0.4, 0.5) is 0 Å². The van der Waals surface area contributed by atoms with Crippen molar-refractivity contribution in [2.75, 3.05) is 6.61 Å².